The maximum Gasteiger partial charge on any atom is 0.573 e. The van der Waals surface area contributed by atoms with Crippen molar-refractivity contribution in [3.63, 3.8) is 0 Å². The minimum absolute atomic E-state index is 0.290. The van der Waals surface area contributed by atoms with Gasteiger partial charge in [0.1, 0.15) is 22.9 Å². The number of rotatable bonds is 4. The van der Waals surface area contributed by atoms with E-state index in [-0.39, 0.29) is 5.75 Å². The number of alkyl halides is 3. The zero-order chi connectivity index (χ0) is 14.6. The maximum absolute atomic E-state index is 12.1. The molecule has 8 heteroatoms. The topological polar surface area (TPSA) is 47.0 Å². The molecule has 0 saturated carbocycles. The van der Waals surface area contributed by atoms with Gasteiger partial charge in [0.15, 0.2) is 0 Å². The Balaban J connectivity index is 2.15. The SMILES string of the molecule is CSc1cc(Nc2cccc(OC(F)(F)F)c2)ncn1. The molecule has 1 aromatic heterocycles. The number of hydrogen-bond acceptors (Lipinski definition) is 5. The molecule has 0 saturated heterocycles. The van der Waals surface area contributed by atoms with E-state index in [4.69, 9.17) is 0 Å². The van der Waals surface area contributed by atoms with Crippen LogP contribution in [0.3, 0.4) is 0 Å². The highest BCUT2D eigenvalue weighted by molar-refractivity contribution is 7.98. The number of halogens is 3. The van der Waals surface area contributed by atoms with Crippen LogP contribution in [0.4, 0.5) is 24.7 Å². The summed E-state index contributed by atoms with van der Waals surface area (Å²) in [7, 11) is 0. The molecular formula is C12H10F3N3OS. The van der Waals surface area contributed by atoms with E-state index >= 15 is 0 Å². The van der Waals surface area contributed by atoms with Crippen LogP contribution < -0.4 is 10.1 Å². The first kappa shape index (κ1) is 14.4. The van der Waals surface area contributed by atoms with E-state index in [1.54, 1.807) is 12.1 Å². The maximum atomic E-state index is 12.1. The molecule has 106 valence electrons. The number of thioether (sulfide) groups is 1. The molecule has 2 aromatic rings. The van der Waals surface area contributed by atoms with E-state index in [0.717, 1.165) is 5.03 Å². The second-order valence-corrected chi connectivity index (χ2v) is 4.47. The van der Waals surface area contributed by atoms with Gasteiger partial charge in [-0.05, 0) is 18.4 Å². The average Bonchev–Trinajstić information content (AvgIpc) is 2.37. The van der Waals surface area contributed by atoms with Gasteiger partial charge in [-0.2, -0.15) is 0 Å². The fraction of sp³-hybridized carbons (Fsp3) is 0.167. The number of ether oxygens (including phenoxy) is 1. The lowest BCUT2D eigenvalue weighted by atomic mass is 10.3. The van der Waals surface area contributed by atoms with E-state index in [0.29, 0.717) is 11.5 Å². The molecule has 0 radical (unpaired) electrons. The molecule has 20 heavy (non-hydrogen) atoms. The molecule has 0 aliphatic carbocycles. The third-order valence-corrected chi connectivity index (χ3v) is 2.83. The Morgan fingerprint density at radius 3 is 2.70 bits per heavy atom. The fourth-order valence-electron chi connectivity index (χ4n) is 1.44. The van der Waals surface area contributed by atoms with Crippen LogP contribution in [0.15, 0.2) is 41.7 Å². The van der Waals surface area contributed by atoms with Crippen molar-refractivity contribution in [2.24, 2.45) is 0 Å². The number of nitrogens with zero attached hydrogens (tertiary/aromatic N) is 2. The van der Waals surface area contributed by atoms with Crippen molar-refractivity contribution in [2.45, 2.75) is 11.4 Å². The molecule has 0 bridgehead atoms. The van der Waals surface area contributed by atoms with Gasteiger partial charge in [-0.3, -0.25) is 0 Å². The Labute approximate surface area is 117 Å². The molecule has 1 N–H and O–H groups in total. The van der Waals surface area contributed by atoms with E-state index in [1.165, 1.54) is 36.3 Å². The molecule has 0 spiro atoms. The predicted octanol–water partition coefficient (Wildman–Crippen LogP) is 3.84. The van der Waals surface area contributed by atoms with Crippen molar-refractivity contribution in [3.05, 3.63) is 36.7 Å². The van der Waals surface area contributed by atoms with Gasteiger partial charge in [-0.1, -0.05) is 6.07 Å². The Bertz CT molecular complexity index is 592. The van der Waals surface area contributed by atoms with E-state index in [1.807, 2.05) is 6.26 Å². The number of hydrogen-bond donors (Lipinski definition) is 1. The summed E-state index contributed by atoms with van der Waals surface area (Å²) in [5.74, 6) is 0.204. The van der Waals surface area contributed by atoms with Gasteiger partial charge in [-0.15, -0.1) is 24.9 Å². The largest absolute Gasteiger partial charge is 0.573 e. The lowest BCUT2D eigenvalue weighted by molar-refractivity contribution is -0.274. The van der Waals surface area contributed by atoms with Crippen LogP contribution in [-0.4, -0.2) is 22.6 Å². The van der Waals surface area contributed by atoms with Crippen molar-refractivity contribution in [1.29, 1.82) is 0 Å². The van der Waals surface area contributed by atoms with E-state index < -0.39 is 6.36 Å². The molecule has 2 rings (SSSR count). The van der Waals surface area contributed by atoms with Gasteiger partial charge < -0.3 is 10.1 Å². The minimum atomic E-state index is -4.71. The van der Waals surface area contributed by atoms with Crippen molar-refractivity contribution >= 4 is 23.3 Å². The van der Waals surface area contributed by atoms with Gasteiger partial charge in [0.2, 0.25) is 0 Å². The summed E-state index contributed by atoms with van der Waals surface area (Å²) in [5.41, 5.74) is 0.442. The van der Waals surface area contributed by atoms with Gasteiger partial charge >= 0.3 is 6.36 Å². The molecule has 1 heterocycles. The molecule has 4 nitrogen and oxygen atoms in total. The highest BCUT2D eigenvalue weighted by Crippen LogP contribution is 2.26. The first-order chi connectivity index (χ1) is 9.46. The van der Waals surface area contributed by atoms with Crippen molar-refractivity contribution in [2.75, 3.05) is 11.6 Å². The van der Waals surface area contributed by atoms with Crippen molar-refractivity contribution in [1.82, 2.24) is 9.97 Å². The van der Waals surface area contributed by atoms with Crippen molar-refractivity contribution in [3.8, 4) is 5.75 Å². The number of anilines is 2. The van der Waals surface area contributed by atoms with E-state index in [2.05, 4.69) is 20.0 Å². The zero-order valence-corrected chi connectivity index (χ0v) is 11.1. The fourth-order valence-corrected chi connectivity index (χ4v) is 1.82. The van der Waals surface area contributed by atoms with Crippen LogP contribution in [0.25, 0.3) is 0 Å². The van der Waals surface area contributed by atoms with Crippen molar-refractivity contribution < 1.29 is 17.9 Å². The minimum Gasteiger partial charge on any atom is -0.406 e. The average molecular weight is 301 g/mol. The molecule has 0 aliphatic heterocycles. The molecule has 0 aliphatic rings. The summed E-state index contributed by atoms with van der Waals surface area (Å²) in [6, 6.07) is 7.24. The lowest BCUT2D eigenvalue weighted by Gasteiger charge is -2.11. The van der Waals surface area contributed by atoms with Crippen LogP contribution >= 0.6 is 11.8 Å². The second-order valence-electron chi connectivity index (χ2n) is 3.65. The first-order valence-electron chi connectivity index (χ1n) is 5.45. The standard InChI is InChI=1S/C12H10F3N3OS/c1-20-11-6-10(16-7-17-11)18-8-3-2-4-9(5-8)19-12(13,14)15/h2-7H,1H3,(H,16,17,18). The van der Waals surface area contributed by atoms with Crippen LogP contribution in [0.2, 0.25) is 0 Å². The molecule has 0 atom stereocenters. The van der Waals surface area contributed by atoms with E-state index in [9.17, 15) is 13.2 Å². The summed E-state index contributed by atoms with van der Waals surface area (Å²) in [5, 5.41) is 3.65. The van der Waals surface area contributed by atoms with Crippen LogP contribution in [-0.2, 0) is 0 Å². The Hall–Kier alpha value is -1.96. The molecular weight excluding hydrogens is 291 g/mol. The van der Waals surface area contributed by atoms with Gasteiger partial charge in [0, 0.05) is 17.8 Å². The van der Waals surface area contributed by atoms with Gasteiger partial charge in [0.05, 0.1) is 0 Å². The summed E-state index contributed by atoms with van der Waals surface area (Å²) < 4.78 is 40.2. The van der Waals surface area contributed by atoms with Crippen LogP contribution in [0, 0.1) is 0 Å². The second kappa shape index (κ2) is 6.00. The summed E-state index contributed by atoms with van der Waals surface area (Å²) in [6.45, 7) is 0. The summed E-state index contributed by atoms with van der Waals surface area (Å²) in [4.78, 5) is 7.99. The van der Waals surface area contributed by atoms with Crippen LogP contribution in [0.5, 0.6) is 5.75 Å². The number of aromatic nitrogens is 2. The number of benzene rings is 1. The third kappa shape index (κ3) is 4.30. The number of nitrogens with one attached hydrogen (secondary N) is 1. The molecule has 1 aromatic carbocycles. The highest BCUT2D eigenvalue weighted by atomic mass is 32.2. The normalized spacial score (nSPS) is 11.2. The predicted molar refractivity (Wildman–Crippen MR) is 70.2 cm³/mol. The van der Waals surface area contributed by atoms with Gasteiger partial charge in [-0.25, -0.2) is 9.97 Å². The summed E-state index contributed by atoms with van der Waals surface area (Å²) >= 11 is 1.44. The Kier molecular flexibility index (Phi) is 4.33. The quantitative estimate of drug-likeness (QED) is 0.686. The highest BCUT2D eigenvalue weighted by Gasteiger charge is 2.31. The summed E-state index contributed by atoms with van der Waals surface area (Å²) in [6.07, 6.45) is -1.46. The third-order valence-electron chi connectivity index (χ3n) is 2.19. The molecule has 0 fully saturated rings. The lowest BCUT2D eigenvalue weighted by Crippen LogP contribution is -2.17. The van der Waals surface area contributed by atoms with Gasteiger partial charge in [0.25, 0.3) is 0 Å². The Morgan fingerprint density at radius 1 is 1.20 bits per heavy atom. The molecule has 0 amide bonds. The first-order valence-corrected chi connectivity index (χ1v) is 6.67. The monoisotopic (exact) mass is 301 g/mol. The smallest absolute Gasteiger partial charge is 0.406 e. The van der Waals surface area contributed by atoms with Crippen LogP contribution in [0.1, 0.15) is 0 Å². The Morgan fingerprint density at radius 2 is 2.00 bits per heavy atom. The zero-order valence-electron chi connectivity index (χ0n) is 10.3. The molecule has 0 unspecified atom stereocenters.